The highest BCUT2D eigenvalue weighted by atomic mass is 79.9. The fourth-order valence-electron chi connectivity index (χ4n) is 2.32. The molecule has 0 aromatic heterocycles. The lowest BCUT2D eigenvalue weighted by molar-refractivity contribution is 0.332. The summed E-state index contributed by atoms with van der Waals surface area (Å²) in [5.41, 5.74) is 2.83. The minimum Gasteiger partial charge on any atom is -0.305 e. The number of hydrogen-bond donors (Lipinski definition) is 0. The molecule has 1 aliphatic rings. The van der Waals surface area contributed by atoms with Gasteiger partial charge in [0.05, 0.1) is 5.02 Å². The molecular weight excluding hydrogens is 273 g/mol. The van der Waals surface area contributed by atoms with Crippen LogP contribution in [0.5, 0.6) is 0 Å². The summed E-state index contributed by atoms with van der Waals surface area (Å²) >= 11 is 9.75. The van der Waals surface area contributed by atoms with Crippen molar-refractivity contribution in [2.45, 2.75) is 19.3 Å². The summed E-state index contributed by atoms with van der Waals surface area (Å²) < 4.78 is 1.09. The average molecular weight is 289 g/mol. The maximum Gasteiger partial charge on any atom is 0.0551 e. The monoisotopic (exact) mass is 287 g/mol. The van der Waals surface area contributed by atoms with Gasteiger partial charge in [0.1, 0.15) is 0 Å². The fraction of sp³-hybridized carbons (Fsp3) is 0.500. The van der Waals surface area contributed by atoms with E-state index in [0.717, 1.165) is 29.0 Å². The van der Waals surface area contributed by atoms with Gasteiger partial charge in [-0.3, -0.25) is 0 Å². The van der Waals surface area contributed by atoms with E-state index in [-0.39, 0.29) is 0 Å². The molecule has 0 saturated heterocycles. The molecule has 1 aliphatic heterocycles. The summed E-state index contributed by atoms with van der Waals surface area (Å²) in [5, 5.41) is 0.824. The molecule has 3 heteroatoms. The average Bonchev–Trinajstić information content (AvgIpc) is 2.32. The first-order chi connectivity index (χ1) is 7.09. The predicted molar refractivity (Wildman–Crippen MR) is 68.8 cm³/mol. The molecule has 1 aromatic rings. The molecule has 0 amide bonds. The summed E-state index contributed by atoms with van der Waals surface area (Å²) in [4.78, 5) is 2.38. The van der Waals surface area contributed by atoms with Gasteiger partial charge in [-0.05, 0) is 52.5 Å². The van der Waals surface area contributed by atoms with Crippen molar-refractivity contribution >= 4 is 27.5 Å². The zero-order valence-corrected chi connectivity index (χ0v) is 11.4. The molecule has 82 valence electrons. The summed E-state index contributed by atoms with van der Waals surface area (Å²) in [5.74, 6) is 0.542. The van der Waals surface area contributed by atoms with Crippen molar-refractivity contribution in [2.24, 2.45) is 0 Å². The third-order valence-corrected chi connectivity index (χ3v) is 4.46. The zero-order chi connectivity index (χ0) is 11.0. The second kappa shape index (κ2) is 4.44. The molecule has 2 rings (SSSR count). The van der Waals surface area contributed by atoms with Crippen LogP contribution in [0.2, 0.25) is 5.02 Å². The van der Waals surface area contributed by atoms with Crippen LogP contribution in [0.3, 0.4) is 0 Å². The SMILES string of the molecule is C[C@@H]1CN(C)CCc2ccc(Cl)c(Br)c21. The molecule has 1 atom stereocenters. The molecule has 1 nitrogen and oxygen atoms in total. The van der Waals surface area contributed by atoms with Crippen LogP contribution in [0, 0.1) is 0 Å². The van der Waals surface area contributed by atoms with Crippen LogP contribution in [-0.2, 0) is 6.42 Å². The van der Waals surface area contributed by atoms with Gasteiger partial charge in [-0.2, -0.15) is 0 Å². The topological polar surface area (TPSA) is 3.24 Å². The molecule has 0 bridgehead atoms. The van der Waals surface area contributed by atoms with Crippen molar-refractivity contribution in [2.75, 3.05) is 20.1 Å². The first-order valence-electron chi connectivity index (χ1n) is 5.25. The molecule has 0 fully saturated rings. The van der Waals surface area contributed by atoms with E-state index in [9.17, 15) is 0 Å². The van der Waals surface area contributed by atoms with Crippen LogP contribution >= 0.6 is 27.5 Å². The van der Waals surface area contributed by atoms with Gasteiger partial charge in [-0.15, -0.1) is 0 Å². The lowest BCUT2D eigenvalue weighted by atomic mass is 9.95. The van der Waals surface area contributed by atoms with Crippen LogP contribution in [0.1, 0.15) is 24.0 Å². The van der Waals surface area contributed by atoms with Crippen LogP contribution in [0.15, 0.2) is 16.6 Å². The van der Waals surface area contributed by atoms with Gasteiger partial charge in [0.2, 0.25) is 0 Å². The Morgan fingerprint density at radius 2 is 2.20 bits per heavy atom. The lowest BCUT2D eigenvalue weighted by Crippen LogP contribution is -2.22. The van der Waals surface area contributed by atoms with Gasteiger partial charge in [-0.1, -0.05) is 24.6 Å². The Kier molecular flexibility index (Phi) is 3.39. The normalized spacial score (nSPS) is 22.3. The van der Waals surface area contributed by atoms with E-state index in [4.69, 9.17) is 11.6 Å². The lowest BCUT2D eigenvalue weighted by Gasteiger charge is -2.18. The Hall–Kier alpha value is -0.0500. The second-order valence-electron chi connectivity index (χ2n) is 4.35. The molecule has 15 heavy (non-hydrogen) atoms. The molecule has 1 aromatic carbocycles. The third-order valence-electron chi connectivity index (χ3n) is 3.06. The number of rotatable bonds is 0. The Morgan fingerprint density at radius 3 is 2.93 bits per heavy atom. The quantitative estimate of drug-likeness (QED) is 0.704. The first-order valence-corrected chi connectivity index (χ1v) is 6.42. The van der Waals surface area contributed by atoms with Gasteiger partial charge in [0, 0.05) is 17.6 Å². The van der Waals surface area contributed by atoms with Gasteiger partial charge in [-0.25, -0.2) is 0 Å². The van der Waals surface area contributed by atoms with Crippen molar-refractivity contribution in [1.29, 1.82) is 0 Å². The smallest absolute Gasteiger partial charge is 0.0551 e. The van der Waals surface area contributed by atoms with E-state index in [1.165, 1.54) is 11.1 Å². The van der Waals surface area contributed by atoms with Gasteiger partial charge in [0.25, 0.3) is 0 Å². The fourth-order valence-corrected chi connectivity index (χ4v) is 3.26. The number of fused-ring (bicyclic) bond motifs is 1. The molecule has 0 unspecified atom stereocenters. The van der Waals surface area contributed by atoms with E-state index in [1.807, 2.05) is 6.07 Å². The number of halogens is 2. The van der Waals surface area contributed by atoms with Crippen molar-refractivity contribution in [3.8, 4) is 0 Å². The Balaban J connectivity index is 2.50. The summed E-state index contributed by atoms with van der Waals surface area (Å²) in [7, 11) is 2.18. The van der Waals surface area contributed by atoms with E-state index in [2.05, 4.69) is 40.9 Å². The van der Waals surface area contributed by atoms with Crippen molar-refractivity contribution < 1.29 is 0 Å². The summed E-state index contributed by atoms with van der Waals surface area (Å²) in [6.07, 6.45) is 1.12. The first kappa shape index (κ1) is 11.4. The molecule has 0 aliphatic carbocycles. The minimum atomic E-state index is 0.542. The highest BCUT2D eigenvalue weighted by molar-refractivity contribution is 9.10. The molecular formula is C12H15BrClN. The maximum atomic E-state index is 6.14. The molecule has 0 spiro atoms. The second-order valence-corrected chi connectivity index (χ2v) is 5.55. The third kappa shape index (κ3) is 2.22. The largest absolute Gasteiger partial charge is 0.305 e. The number of hydrogen-bond acceptors (Lipinski definition) is 1. The van der Waals surface area contributed by atoms with E-state index < -0.39 is 0 Å². The highest BCUT2D eigenvalue weighted by Crippen LogP contribution is 2.36. The van der Waals surface area contributed by atoms with Gasteiger partial charge in [0.15, 0.2) is 0 Å². The van der Waals surface area contributed by atoms with E-state index in [0.29, 0.717) is 5.92 Å². The highest BCUT2D eigenvalue weighted by Gasteiger charge is 2.21. The van der Waals surface area contributed by atoms with Crippen LogP contribution in [0.25, 0.3) is 0 Å². The minimum absolute atomic E-state index is 0.542. The van der Waals surface area contributed by atoms with Crippen molar-refractivity contribution in [3.05, 3.63) is 32.8 Å². The molecule has 0 radical (unpaired) electrons. The van der Waals surface area contributed by atoms with Crippen molar-refractivity contribution in [3.63, 3.8) is 0 Å². The Labute approximate surface area is 105 Å². The molecule has 1 heterocycles. The molecule has 0 N–H and O–H groups in total. The number of benzene rings is 1. The predicted octanol–water partition coefficient (Wildman–Crippen LogP) is 3.69. The van der Waals surface area contributed by atoms with E-state index in [1.54, 1.807) is 0 Å². The molecule has 0 saturated carbocycles. The maximum absolute atomic E-state index is 6.14. The van der Waals surface area contributed by atoms with Crippen LogP contribution in [0.4, 0.5) is 0 Å². The van der Waals surface area contributed by atoms with Gasteiger partial charge < -0.3 is 4.90 Å². The number of nitrogens with zero attached hydrogens (tertiary/aromatic N) is 1. The Morgan fingerprint density at radius 1 is 1.47 bits per heavy atom. The van der Waals surface area contributed by atoms with E-state index >= 15 is 0 Å². The van der Waals surface area contributed by atoms with Crippen molar-refractivity contribution in [1.82, 2.24) is 4.90 Å². The summed E-state index contributed by atoms with van der Waals surface area (Å²) in [6, 6.07) is 4.15. The zero-order valence-electron chi connectivity index (χ0n) is 9.06. The van der Waals surface area contributed by atoms with Crippen LogP contribution < -0.4 is 0 Å². The number of likely N-dealkylation sites (N-methyl/N-ethyl adjacent to an activating group) is 1. The van der Waals surface area contributed by atoms with Gasteiger partial charge >= 0.3 is 0 Å². The Bertz CT molecular complexity index is 378. The standard InChI is InChI=1S/C12H15BrClN/c1-8-7-15(2)6-5-9-3-4-10(14)12(13)11(8)9/h3-4,8H,5-7H2,1-2H3/t8-/m1/s1. The summed E-state index contributed by atoms with van der Waals surface area (Å²) in [6.45, 7) is 4.50. The van der Waals surface area contributed by atoms with Crippen LogP contribution in [-0.4, -0.2) is 25.0 Å².